The maximum atomic E-state index is 9.62. The Labute approximate surface area is 191 Å². The van der Waals surface area contributed by atoms with E-state index < -0.39 is 0 Å². The Morgan fingerprint density at radius 2 is 1.94 bits per heavy atom. The molecule has 1 saturated heterocycles. The van der Waals surface area contributed by atoms with Gasteiger partial charge in [-0.05, 0) is 80.2 Å². The van der Waals surface area contributed by atoms with Crippen molar-refractivity contribution in [2.45, 2.75) is 39.2 Å². The molecule has 0 amide bonds. The quantitative estimate of drug-likeness (QED) is 0.497. The number of phenolic OH excluding ortho intramolecular Hbond substituents is 1. The van der Waals surface area contributed by atoms with Gasteiger partial charge in [-0.3, -0.25) is 4.90 Å². The van der Waals surface area contributed by atoms with Crippen molar-refractivity contribution in [1.29, 1.82) is 0 Å². The summed E-state index contributed by atoms with van der Waals surface area (Å²) in [6, 6.07) is 18.2. The highest BCUT2D eigenvalue weighted by molar-refractivity contribution is 5.59. The molecule has 1 atom stereocenters. The zero-order valence-corrected chi connectivity index (χ0v) is 19.0. The number of phenols is 1. The van der Waals surface area contributed by atoms with Crippen LogP contribution in [0.3, 0.4) is 0 Å². The summed E-state index contributed by atoms with van der Waals surface area (Å²) in [5.41, 5.74) is 4.61. The third-order valence-corrected chi connectivity index (χ3v) is 6.24. The Morgan fingerprint density at radius 1 is 1.06 bits per heavy atom. The topological polar surface area (TPSA) is 61.3 Å². The summed E-state index contributed by atoms with van der Waals surface area (Å²) < 4.78 is 0. The van der Waals surface area contributed by atoms with Gasteiger partial charge in [0.25, 0.3) is 0 Å². The monoisotopic (exact) mass is 430 g/mol. The third kappa shape index (κ3) is 6.38. The number of aryl methyl sites for hydroxylation is 2. The molecule has 1 aliphatic rings. The highest BCUT2D eigenvalue weighted by Gasteiger charge is 2.17. The fourth-order valence-corrected chi connectivity index (χ4v) is 4.47. The molecule has 32 heavy (non-hydrogen) atoms. The first kappa shape index (κ1) is 22.4. The van der Waals surface area contributed by atoms with Crippen LogP contribution in [0.15, 0.2) is 60.8 Å². The highest BCUT2D eigenvalue weighted by atomic mass is 16.3. The van der Waals surface area contributed by atoms with Crippen molar-refractivity contribution < 1.29 is 5.11 Å². The average Bonchev–Trinajstić information content (AvgIpc) is 3.32. The predicted molar refractivity (Wildman–Crippen MR) is 130 cm³/mol. The lowest BCUT2D eigenvalue weighted by molar-refractivity contribution is 0.240. The van der Waals surface area contributed by atoms with E-state index in [1.165, 1.54) is 12.0 Å². The number of aromatic nitrogens is 2. The van der Waals surface area contributed by atoms with Crippen LogP contribution in [0, 0.1) is 5.92 Å². The summed E-state index contributed by atoms with van der Waals surface area (Å²) >= 11 is 0. The first-order valence-corrected chi connectivity index (χ1v) is 11.8. The molecule has 5 nitrogen and oxygen atoms in total. The van der Waals surface area contributed by atoms with Gasteiger partial charge < -0.3 is 10.4 Å². The number of nitrogens with zero attached hydrogens (tertiary/aromatic N) is 3. The normalized spacial score (nSPS) is 16.0. The Bertz CT molecular complexity index is 1000. The van der Waals surface area contributed by atoms with Crippen LogP contribution in [0.4, 0.5) is 0 Å². The minimum absolute atomic E-state index is 0.321. The molecule has 4 rings (SSSR count). The van der Waals surface area contributed by atoms with Crippen molar-refractivity contribution >= 4 is 0 Å². The molecule has 3 aromatic rings. The van der Waals surface area contributed by atoms with Crippen LogP contribution in [0.1, 0.15) is 36.7 Å². The highest BCUT2D eigenvalue weighted by Crippen LogP contribution is 2.21. The van der Waals surface area contributed by atoms with Gasteiger partial charge in [-0.1, -0.05) is 37.3 Å². The number of benzene rings is 2. The molecule has 2 N–H and O–H groups in total. The van der Waals surface area contributed by atoms with Gasteiger partial charge in [-0.25, -0.2) is 9.97 Å². The molecule has 1 aromatic heterocycles. The van der Waals surface area contributed by atoms with E-state index >= 15 is 0 Å². The lowest BCUT2D eigenvalue weighted by Gasteiger charge is -2.24. The molecular weight excluding hydrogens is 396 g/mol. The molecule has 2 aromatic carbocycles. The molecule has 2 heterocycles. The number of rotatable bonds is 10. The minimum Gasteiger partial charge on any atom is -0.508 e. The van der Waals surface area contributed by atoms with Crippen molar-refractivity contribution in [3.05, 3.63) is 77.7 Å². The van der Waals surface area contributed by atoms with E-state index in [1.807, 2.05) is 30.5 Å². The number of aromatic hydroxyl groups is 1. The maximum Gasteiger partial charge on any atom is 0.128 e. The molecule has 168 valence electrons. The van der Waals surface area contributed by atoms with Crippen molar-refractivity contribution in [2.24, 2.45) is 5.92 Å². The van der Waals surface area contributed by atoms with Crippen LogP contribution in [-0.2, 0) is 19.4 Å². The Kier molecular flexibility index (Phi) is 7.86. The molecule has 0 saturated carbocycles. The molecule has 0 unspecified atom stereocenters. The first-order valence-electron chi connectivity index (χ1n) is 11.8. The third-order valence-electron chi connectivity index (χ3n) is 6.24. The second-order valence-corrected chi connectivity index (χ2v) is 8.77. The fourth-order valence-electron chi connectivity index (χ4n) is 4.47. The largest absolute Gasteiger partial charge is 0.508 e. The maximum absolute atomic E-state index is 9.62. The molecule has 1 aliphatic heterocycles. The lowest BCUT2D eigenvalue weighted by atomic mass is 10.1. The second-order valence-electron chi connectivity index (χ2n) is 8.77. The van der Waals surface area contributed by atoms with Crippen molar-refractivity contribution in [3.8, 4) is 17.0 Å². The van der Waals surface area contributed by atoms with Crippen LogP contribution in [0.2, 0.25) is 0 Å². The van der Waals surface area contributed by atoms with E-state index in [4.69, 9.17) is 4.98 Å². The molecule has 5 heteroatoms. The van der Waals surface area contributed by atoms with Crippen molar-refractivity contribution in [1.82, 2.24) is 20.2 Å². The smallest absolute Gasteiger partial charge is 0.128 e. The van der Waals surface area contributed by atoms with E-state index in [2.05, 4.69) is 46.4 Å². The van der Waals surface area contributed by atoms with E-state index in [0.29, 0.717) is 5.75 Å². The number of nitrogens with one attached hydrogen (secondary N) is 1. The fraction of sp³-hybridized carbons (Fsp3) is 0.407. The number of hydrogen-bond acceptors (Lipinski definition) is 5. The van der Waals surface area contributed by atoms with Crippen molar-refractivity contribution in [2.75, 3.05) is 26.2 Å². The van der Waals surface area contributed by atoms with Gasteiger partial charge in [0.1, 0.15) is 11.6 Å². The van der Waals surface area contributed by atoms with Gasteiger partial charge in [-0.15, -0.1) is 0 Å². The van der Waals surface area contributed by atoms with Crippen LogP contribution >= 0.6 is 0 Å². The molecule has 0 bridgehead atoms. The SMILES string of the molecule is CCN(Cc1cccc(-c2ccnc(CCCc3cccc(O)c3)n2)c1)C[C@H]1CCNC1. The molecule has 1 fully saturated rings. The number of hydrogen-bond donors (Lipinski definition) is 2. The Morgan fingerprint density at radius 3 is 2.75 bits per heavy atom. The van der Waals surface area contributed by atoms with E-state index in [9.17, 15) is 5.11 Å². The summed E-state index contributed by atoms with van der Waals surface area (Å²) in [6.45, 7) is 7.75. The van der Waals surface area contributed by atoms with Crippen molar-refractivity contribution in [3.63, 3.8) is 0 Å². The van der Waals surface area contributed by atoms with Gasteiger partial charge in [0.05, 0.1) is 5.69 Å². The predicted octanol–water partition coefficient (Wildman–Crippen LogP) is 4.46. The molecule has 0 spiro atoms. The van der Waals surface area contributed by atoms with Crippen LogP contribution in [0.5, 0.6) is 5.75 Å². The van der Waals surface area contributed by atoms with E-state index in [-0.39, 0.29) is 0 Å². The molecular formula is C27H34N4O. The first-order chi connectivity index (χ1) is 15.7. The van der Waals surface area contributed by atoms with Gasteiger partial charge in [-0.2, -0.15) is 0 Å². The van der Waals surface area contributed by atoms with Gasteiger partial charge in [0.2, 0.25) is 0 Å². The van der Waals surface area contributed by atoms with Gasteiger partial charge in [0.15, 0.2) is 0 Å². The minimum atomic E-state index is 0.321. The van der Waals surface area contributed by atoms with E-state index in [0.717, 1.165) is 80.5 Å². The van der Waals surface area contributed by atoms with Gasteiger partial charge >= 0.3 is 0 Å². The standard InChI is InChI=1S/C27H34N4O/c1-2-31(20-23-12-14-28-18-23)19-22-8-3-9-24(16-22)26-13-15-29-27(30-26)11-5-7-21-6-4-10-25(32)17-21/h3-4,6,8-10,13,15-17,23,28,32H,2,5,7,11-12,14,18-20H2,1H3/t23-/m0/s1. The summed E-state index contributed by atoms with van der Waals surface area (Å²) in [5.74, 6) is 1.96. The second kappa shape index (κ2) is 11.2. The van der Waals surface area contributed by atoms with Crippen LogP contribution in [-0.4, -0.2) is 46.2 Å². The zero-order chi connectivity index (χ0) is 22.2. The molecule has 0 aliphatic carbocycles. The summed E-state index contributed by atoms with van der Waals surface area (Å²) in [6.07, 6.45) is 5.83. The Balaban J connectivity index is 1.37. The van der Waals surface area contributed by atoms with Gasteiger partial charge in [0, 0.05) is 31.3 Å². The summed E-state index contributed by atoms with van der Waals surface area (Å²) in [4.78, 5) is 11.9. The average molecular weight is 431 g/mol. The van der Waals surface area contributed by atoms with Crippen LogP contribution < -0.4 is 5.32 Å². The zero-order valence-electron chi connectivity index (χ0n) is 19.0. The van der Waals surface area contributed by atoms with E-state index in [1.54, 1.807) is 6.07 Å². The molecule has 0 radical (unpaired) electrons. The summed E-state index contributed by atoms with van der Waals surface area (Å²) in [7, 11) is 0. The van der Waals surface area contributed by atoms with Crippen LogP contribution in [0.25, 0.3) is 11.3 Å². The lowest BCUT2D eigenvalue weighted by Crippen LogP contribution is -2.30. The Hall–Kier alpha value is -2.76. The summed E-state index contributed by atoms with van der Waals surface area (Å²) in [5, 5.41) is 13.1.